The van der Waals surface area contributed by atoms with Crippen LogP contribution in [0.3, 0.4) is 0 Å². The van der Waals surface area contributed by atoms with Gasteiger partial charge in [0.1, 0.15) is 0 Å². The van der Waals surface area contributed by atoms with E-state index >= 15 is 0 Å². The van der Waals surface area contributed by atoms with Gasteiger partial charge in [-0.2, -0.15) is 13.1 Å². The lowest BCUT2D eigenvalue weighted by molar-refractivity contribution is 0.0994. The Morgan fingerprint density at radius 2 is 1.93 bits per heavy atom. The van der Waals surface area contributed by atoms with Crippen molar-refractivity contribution in [2.75, 3.05) is 27.9 Å². The standard InChI is InChI=1S/C21H33NO5S/c1-14-7-9-18-17(16(14)6-5-11-25-3)10-8-15-12-21(27-28(23,24)22-2)20(26-4)13-19(15)18/h12-14,16-18,22H,5-11H2,1-4H3. The van der Waals surface area contributed by atoms with E-state index in [4.69, 9.17) is 13.7 Å². The first-order valence-corrected chi connectivity index (χ1v) is 11.6. The first-order valence-electron chi connectivity index (χ1n) is 10.2. The first kappa shape index (κ1) is 21.4. The second kappa shape index (κ2) is 9.01. The summed E-state index contributed by atoms with van der Waals surface area (Å²) in [5, 5.41) is 0. The lowest BCUT2D eigenvalue weighted by Crippen LogP contribution is -2.35. The quantitative estimate of drug-likeness (QED) is 0.661. The summed E-state index contributed by atoms with van der Waals surface area (Å²) in [5.74, 6) is 3.38. The highest BCUT2D eigenvalue weighted by atomic mass is 32.2. The van der Waals surface area contributed by atoms with E-state index in [-0.39, 0.29) is 5.75 Å². The number of fused-ring (bicyclic) bond motifs is 3. The van der Waals surface area contributed by atoms with Crippen molar-refractivity contribution in [3.63, 3.8) is 0 Å². The molecule has 0 aliphatic heterocycles. The zero-order chi connectivity index (χ0) is 20.3. The monoisotopic (exact) mass is 411 g/mol. The summed E-state index contributed by atoms with van der Waals surface area (Å²) in [6, 6.07) is 3.87. The number of methoxy groups -OCH3 is 2. The molecule has 7 heteroatoms. The van der Waals surface area contributed by atoms with E-state index in [0.717, 1.165) is 31.8 Å². The van der Waals surface area contributed by atoms with Crippen molar-refractivity contribution in [1.29, 1.82) is 0 Å². The van der Waals surface area contributed by atoms with Gasteiger partial charge in [0.15, 0.2) is 11.5 Å². The van der Waals surface area contributed by atoms with E-state index in [0.29, 0.717) is 23.5 Å². The van der Waals surface area contributed by atoms with E-state index in [9.17, 15) is 8.42 Å². The number of hydrogen-bond donors (Lipinski definition) is 1. The smallest absolute Gasteiger partial charge is 0.382 e. The molecule has 0 bridgehead atoms. The fraction of sp³-hybridized carbons (Fsp3) is 0.714. The number of rotatable bonds is 8. The van der Waals surface area contributed by atoms with Crippen LogP contribution in [-0.4, -0.2) is 36.3 Å². The third kappa shape index (κ3) is 4.47. The zero-order valence-electron chi connectivity index (χ0n) is 17.4. The van der Waals surface area contributed by atoms with Gasteiger partial charge in [-0.1, -0.05) is 6.92 Å². The normalized spacial score (nSPS) is 27.0. The molecule has 1 aromatic carbocycles. The van der Waals surface area contributed by atoms with E-state index in [2.05, 4.69) is 11.6 Å². The van der Waals surface area contributed by atoms with Crippen LogP contribution in [0.25, 0.3) is 0 Å². The fourth-order valence-corrected chi connectivity index (χ4v) is 5.69. The lowest BCUT2D eigenvalue weighted by Gasteiger charge is -2.46. The lowest BCUT2D eigenvalue weighted by atomic mass is 9.59. The number of nitrogens with one attached hydrogen (secondary N) is 1. The minimum absolute atomic E-state index is 0.259. The largest absolute Gasteiger partial charge is 0.493 e. The molecule has 0 spiro atoms. The summed E-state index contributed by atoms with van der Waals surface area (Å²) in [4.78, 5) is 0. The second-order valence-electron chi connectivity index (χ2n) is 8.11. The SMILES string of the molecule is CNS(=O)(=O)Oc1cc2c(cc1OC)C1CCC(C)C(CCCOC)C1CC2. The van der Waals surface area contributed by atoms with Crippen LogP contribution < -0.4 is 13.6 Å². The first-order chi connectivity index (χ1) is 13.4. The summed E-state index contributed by atoms with van der Waals surface area (Å²) in [6.07, 6.45) is 6.82. The Kier molecular flexibility index (Phi) is 6.89. The van der Waals surface area contributed by atoms with E-state index in [1.807, 2.05) is 12.1 Å². The van der Waals surface area contributed by atoms with E-state index < -0.39 is 10.3 Å². The minimum Gasteiger partial charge on any atom is -0.493 e. The van der Waals surface area contributed by atoms with Gasteiger partial charge in [0.25, 0.3) is 0 Å². The predicted octanol–water partition coefficient (Wildman–Crippen LogP) is 3.66. The van der Waals surface area contributed by atoms with Crippen LogP contribution in [0, 0.1) is 17.8 Å². The maximum absolute atomic E-state index is 11.8. The summed E-state index contributed by atoms with van der Waals surface area (Å²) >= 11 is 0. The van der Waals surface area contributed by atoms with Crippen LogP contribution in [0.2, 0.25) is 0 Å². The maximum Gasteiger partial charge on any atom is 0.382 e. The van der Waals surface area contributed by atoms with Gasteiger partial charge in [0.05, 0.1) is 7.11 Å². The Balaban J connectivity index is 1.88. The highest BCUT2D eigenvalue weighted by Crippen LogP contribution is 2.52. The molecule has 0 heterocycles. The van der Waals surface area contributed by atoms with Crippen molar-refractivity contribution < 1.29 is 22.1 Å². The van der Waals surface area contributed by atoms with Crippen LogP contribution in [0.5, 0.6) is 11.5 Å². The Morgan fingerprint density at radius 1 is 1.14 bits per heavy atom. The summed E-state index contributed by atoms with van der Waals surface area (Å²) in [7, 11) is 0.826. The van der Waals surface area contributed by atoms with Gasteiger partial charge >= 0.3 is 10.3 Å². The third-order valence-electron chi connectivity index (χ3n) is 6.64. The van der Waals surface area contributed by atoms with Gasteiger partial charge in [0, 0.05) is 20.8 Å². The molecule has 2 aliphatic carbocycles. The number of ether oxygens (including phenoxy) is 2. The fourth-order valence-electron chi connectivity index (χ4n) is 5.24. The van der Waals surface area contributed by atoms with Gasteiger partial charge in [-0.05, 0) is 85.5 Å². The highest BCUT2D eigenvalue weighted by Gasteiger charge is 2.41. The van der Waals surface area contributed by atoms with Gasteiger partial charge in [-0.25, -0.2) is 0 Å². The van der Waals surface area contributed by atoms with Gasteiger partial charge in [-0.3, -0.25) is 0 Å². The molecule has 0 aromatic heterocycles. The summed E-state index contributed by atoms with van der Waals surface area (Å²) in [5.41, 5.74) is 2.50. The molecule has 0 radical (unpaired) electrons. The Morgan fingerprint density at radius 3 is 2.61 bits per heavy atom. The van der Waals surface area contributed by atoms with Crippen molar-refractivity contribution in [2.45, 2.75) is 51.4 Å². The molecule has 28 heavy (non-hydrogen) atoms. The van der Waals surface area contributed by atoms with Gasteiger partial charge < -0.3 is 13.7 Å². The molecule has 2 aliphatic rings. The average Bonchev–Trinajstić information content (AvgIpc) is 2.68. The Labute approximate surface area is 169 Å². The molecule has 158 valence electrons. The van der Waals surface area contributed by atoms with Crippen molar-refractivity contribution in [3.8, 4) is 11.5 Å². The van der Waals surface area contributed by atoms with Crippen LogP contribution in [0.4, 0.5) is 0 Å². The van der Waals surface area contributed by atoms with Crippen LogP contribution in [-0.2, 0) is 21.5 Å². The molecule has 1 saturated carbocycles. The number of benzene rings is 1. The molecule has 1 aromatic rings. The predicted molar refractivity (Wildman–Crippen MR) is 109 cm³/mol. The van der Waals surface area contributed by atoms with E-state index in [1.165, 1.54) is 37.4 Å². The minimum atomic E-state index is -3.83. The van der Waals surface area contributed by atoms with Gasteiger partial charge in [-0.15, -0.1) is 0 Å². The third-order valence-corrected chi connectivity index (χ3v) is 7.54. The molecule has 1 fully saturated rings. The number of aryl methyl sites for hydroxylation is 1. The van der Waals surface area contributed by atoms with Gasteiger partial charge in [0.2, 0.25) is 0 Å². The highest BCUT2D eigenvalue weighted by molar-refractivity contribution is 7.85. The van der Waals surface area contributed by atoms with Crippen LogP contribution >= 0.6 is 0 Å². The maximum atomic E-state index is 11.8. The molecular formula is C21H33NO5S. The van der Waals surface area contributed by atoms with Crippen LogP contribution in [0.1, 0.15) is 56.1 Å². The Bertz CT molecular complexity index is 779. The molecule has 4 atom stereocenters. The van der Waals surface area contributed by atoms with Crippen LogP contribution in [0.15, 0.2) is 12.1 Å². The van der Waals surface area contributed by atoms with Crippen molar-refractivity contribution >= 4 is 10.3 Å². The zero-order valence-corrected chi connectivity index (χ0v) is 18.2. The molecule has 0 amide bonds. The molecule has 0 saturated heterocycles. The second-order valence-corrected chi connectivity index (χ2v) is 9.59. The average molecular weight is 412 g/mol. The summed E-state index contributed by atoms with van der Waals surface area (Å²) < 4.78 is 41.8. The molecule has 4 unspecified atom stereocenters. The topological polar surface area (TPSA) is 73.9 Å². The molecule has 1 N–H and O–H groups in total. The molecule has 3 rings (SSSR count). The summed E-state index contributed by atoms with van der Waals surface area (Å²) in [6.45, 7) is 3.22. The molecule has 6 nitrogen and oxygen atoms in total. The number of hydrogen-bond acceptors (Lipinski definition) is 5. The van der Waals surface area contributed by atoms with E-state index in [1.54, 1.807) is 14.2 Å². The Hall–Kier alpha value is -1.31. The molecular weight excluding hydrogens is 378 g/mol. The van der Waals surface area contributed by atoms with Crippen molar-refractivity contribution in [2.24, 2.45) is 17.8 Å². The van der Waals surface area contributed by atoms with Crippen molar-refractivity contribution in [3.05, 3.63) is 23.3 Å². The van der Waals surface area contributed by atoms with Crippen molar-refractivity contribution in [1.82, 2.24) is 4.72 Å².